The number of nitrogens with zero attached hydrogens (tertiary/aromatic N) is 1. The third kappa shape index (κ3) is 3.27. The summed E-state index contributed by atoms with van der Waals surface area (Å²) >= 11 is 0. The number of nitrogens with one attached hydrogen (secondary N) is 2. The van der Waals surface area contributed by atoms with Crippen LogP contribution >= 0.6 is 0 Å². The zero-order valence-electron chi connectivity index (χ0n) is 14.4. The monoisotopic (exact) mass is 365 g/mol. The highest BCUT2D eigenvalue weighted by atomic mass is 19.1. The van der Waals surface area contributed by atoms with E-state index in [2.05, 4.69) is 10.3 Å². The minimum absolute atomic E-state index is 0.181. The molecule has 4 aromatic rings. The fourth-order valence-electron chi connectivity index (χ4n) is 3.02. The van der Waals surface area contributed by atoms with E-state index in [1.165, 1.54) is 36.8 Å². The van der Waals surface area contributed by atoms with E-state index >= 15 is 0 Å². The summed E-state index contributed by atoms with van der Waals surface area (Å²) in [6.07, 6.45) is 2.71. The van der Waals surface area contributed by atoms with Crippen molar-refractivity contribution in [3.63, 3.8) is 0 Å². The lowest BCUT2D eigenvalue weighted by Crippen LogP contribution is -2.33. The number of fused-ring (bicyclic) bond motifs is 1. The average molecular weight is 365 g/mol. The number of aromatic nitrogens is 2. The molecule has 7 heteroatoms. The van der Waals surface area contributed by atoms with Gasteiger partial charge in [0.1, 0.15) is 17.9 Å². The fourth-order valence-corrected chi connectivity index (χ4v) is 3.02. The van der Waals surface area contributed by atoms with Crippen LogP contribution in [0.4, 0.5) is 10.2 Å². The van der Waals surface area contributed by atoms with Crippen LogP contribution in [0.25, 0.3) is 16.5 Å². The third-order valence-corrected chi connectivity index (χ3v) is 4.40. The molecule has 0 aliphatic carbocycles. The second-order valence-corrected chi connectivity index (χ2v) is 6.26. The molecule has 0 radical (unpaired) electrons. The number of halogens is 1. The van der Waals surface area contributed by atoms with Gasteiger partial charge in [-0.25, -0.2) is 13.8 Å². The summed E-state index contributed by atoms with van der Waals surface area (Å²) in [5.41, 5.74) is 0.271. The summed E-state index contributed by atoms with van der Waals surface area (Å²) in [6.45, 7) is 1.91. The molecule has 2 N–H and O–H groups in total. The molecule has 2 aromatic carbocycles. The Morgan fingerprint density at radius 1 is 1.07 bits per heavy atom. The first kappa shape index (κ1) is 16.8. The summed E-state index contributed by atoms with van der Waals surface area (Å²) < 4.78 is 19.2. The van der Waals surface area contributed by atoms with Crippen LogP contribution in [0.15, 0.2) is 75.1 Å². The molecule has 2 heterocycles. The minimum Gasteiger partial charge on any atom is -0.470 e. The standard InChI is InChI=1S/C20H16FN3O3/c1-12(13-2-3-15-9-16(21)5-4-14(15)8-13)22-18-10-19(25)24(20(26)23-18)17-6-7-27-11-17/h2-12,22H,1H3,(H,23,26)/t12-/m0/s1. The number of rotatable bonds is 4. The molecule has 0 aliphatic rings. The Bertz CT molecular complexity index is 1190. The molecule has 0 fully saturated rings. The summed E-state index contributed by atoms with van der Waals surface area (Å²) in [5, 5.41) is 4.84. The SMILES string of the molecule is C[C@H](Nc1cc(=O)n(-c2ccoc2)c(=O)[nH]1)c1ccc2cc(F)ccc2c1. The Morgan fingerprint density at radius 2 is 1.85 bits per heavy atom. The van der Waals surface area contributed by atoms with Gasteiger partial charge in [-0.15, -0.1) is 0 Å². The molecule has 1 atom stereocenters. The smallest absolute Gasteiger partial charge is 0.334 e. The predicted octanol–water partition coefficient (Wildman–Crippen LogP) is 3.58. The van der Waals surface area contributed by atoms with Gasteiger partial charge in [0, 0.05) is 18.2 Å². The maximum Gasteiger partial charge on any atom is 0.334 e. The zero-order chi connectivity index (χ0) is 19.0. The van der Waals surface area contributed by atoms with Crippen LogP contribution in [0.2, 0.25) is 0 Å². The minimum atomic E-state index is -0.562. The molecule has 0 spiro atoms. The first-order chi connectivity index (χ1) is 13.0. The van der Waals surface area contributed by atoms with Crippen LogP contribution in [0, 0.1) is 5.82 Å². The lowest BCUT2D eigenvalue weighted by molar-refractivity contribution is 0.564. The Hall–Kier alpha value is -3.61. The molecule has 0 unspecified atom stereocenters. The molecular formula is C20H16FN3O3. The maximum atomic E-state index is 13.3. The van der Waals surface area contributed by atoms with Crippen molar-refractivity contribution in [3.8, 4) is 5.69 Å². The normalized spacial score (nSPS) is 12.2. The third-order valence-electron chi connectivity index (χ3n) is 4.40. The number of aromatic amines is 1. The summed E-state index contributed by atoms with van der Waals surface area (Å²) in [6, 6.07) is 12.9. The van der Waals surface area contributed by atoms with E-state index in [4.69, 9.17) is 4.42 Å². The Labute approximate surface area is 152 Å². The Balaban J connectivity index is 1.63. The van der Waals surface area contributed by atoms with Crippen LogP contribution in [0.5, 0.6) is 0 Å². The summed E-state index contributed by atoms with van der Waals surface area (Å²) in [7, 11) is 0. The molecule has 0 aliphatic heterocycles. The molecule has 0 saturated heterocycles. The molecular weight excluding hydrogens is 349 g/mol. The van der Waals surface area contributed by atoms with Gasteiger partial charge in [0.2, 0.25) is 0 Å². The predicted molar refractivity (Wildman–Crippen MR) is 101 cm³/mol. The van der Waals surface area contributed by atoms with E-state index in [0.29, 0.717) is 11.5 Å². The van der Waals surface area contributed by atoms with Crippen LogP contribution < -0.4 is 16.6 Å². The average Bonchev–Trinajstić information content (AvgIpc) is 3.14. The molecule has 0 saturated carbocycles. The van der Waals surface area contributed by atoms with Crippen LogP contribution in [0.1, 0.15) is 18.5 Å². The number of hydrogen-bond donors (Lipinski definition) is 2. The topological polar surface area (TPSA) is 80.0 Å². The van der Waals surface area contributed by atoms with Crippen LogP contribution in [-0.2, 0) is 0 Å². The van der Waals surface area contributed by atoms with E-state index in [1.54, 1.807) is 6.07 Å². The van der Waals surface area contributed by atoms with Crippen molar-refractivity contribution >= 4 is 16.6 Å². The molecule has 4 rings (SSSR count). The van der Waals surface area contributed by atoms with Gasteiger partial charge in [-0.3, -0.25) is 9.78 Å². The van der Waals surface area contributed by atoms with Crippen molar-refractivity contribution in [2.75, 3.05) is 5.32 Å². The number of furan rings is 1. The first-order valence-corrected chi connectivity index (χ1v) is 8.36. The molecule has 0 bridgehead atoms. The van der Waals surface area contributed by atoms with E-state index in [9.17, 15) is 14.0 Å². The lowest BCUT2D eigenvalue weighted by atomic mass is 10.0. The Morgan fingerprint density at radius 3 is 2.59 bits per heavy atom. The molecule has 2 aromatic heterocycles. The lowest BCUT2D eigenvalue weighted by Gasteiger charge is -2.16. The van der Waals surface area contributed by atoms with Gasteiger partial charge in [0.15, 0.2) is 0 Å². The number of benzene rings is 2. The largest absolute Gasteiger partial charge is 0.470 e. The van der Waals surface area contributed by atoms with Crippen molar-refractivity contribution in [1.82, 2.24) is 9.55 Å². The van der Waals surface area contributed by atoms with Gasteiger partial charge < -0.3 is 9.73 Å². The van der Waals surface area contributed by atoms with Crippen molar-refractivity contribution in [3.05, 3.63) is 93.3 Å². The number of anilines is 1. The van der Waals surface area contributed by atoms with Crippen molar-refractivity contribution in [1.29, 1.82) is 0 Å². The van der Waals surface area contributed by atoms with E-state index in [0.717, 1.165) is 20.9 Å². The van der Waals surface area contributed by atoms with Gasteiger partial charge in [-0.2, -0.15) is 0 Å². The fraction of sp³-hybridized carbons (Fsp3) is 0.100. The second kappa shape index (κ2) is 6.60. The van der Waals surface area contributed by atoms with E-state index in [-0.39, 0.29) is 11.9 Å². The molecule has 136 valence electrons. The Kier molecular flexibility index (Phi) is 4.12. The van der Waals surface area contributed by atoms with E-state index < -0.39 is 11.2 Å². The van der Waals surface area contributed by atoms with Gasteiger partial charge >= 0.3 is 5.69 Å². The summed E-state index contributed by atoms with van der Waals surface area (Å²) in [4.78, 5) is 27.2. The second-order valence-electron chi connectivity index (χ2n) is 6.26. The van der Waals surface area contributed by atoms with Gasteiger partial charge in [0.25, 0.3) is 5.56 Å². The highest BCUT2D eigenvalue weighted by Gasteiger charge is 2.11. The van der Waals surface area contributed by atoms with Gasteiger partial charge in [-0.05, 0) is 41.5 Å². The summed E-state index contributed by atoms with van der Waals surface area (Å²) in [5.74, 6) is 0.0358. The maximum absolute atomic E-state index is 13.3. The molecule has 27 heavy (non-hydrogen) atoms. The quantitative estimate of drug-likeness (QED) is 0.579. The highest BCUT2D eigenvalue weighted by Crippen LogP contribution is 2.23. The molecule has 0 amide bonds. The van der Waals surface area contributed by atoms with Gasteiger partial charge in [-0.1, -0.05) is 18.2 Å². The van der Waals surface area contributed by atoms with Crippen LogP contribution in [0.3, 0.4) is 0 Å². The zero-order valence-corrected chi connectivity index (χ0v) is 14.4. The molecule has 6 nitrogen and oxygen atoms in total. The number of hydrogen-bond acceptors (Lipinski definition) is 4. The van der Waals surface area contributed by atoms with Crippen molar-refractivity contribution in [2.24, 2.45) is 0 Å². The van der Waals surface area contributed by atoms with Gasteiger partial charge in [0.05, 0.1) is 12.0 Å². The van der Waals surface area contributed by atoms with E-state index in [1.807, 2.05) is 25.1 Å². The van der Waals surface area contributed by atoms with Crippen molar-refractivity contribution in [2.45, 2.75) is 13.0 Å². The van der Waals surface area contributed by atoms with Crippen LogP contribution in [-0.4, -0.2) is 9.55 Å². The van der Waals surface area contributed by atoms with Crippen molar-refractivity contribution < 1.29 is 8.81 Å². The highest BCUT2D eigenvalue weighted by molar-refractivity contribution is 5.83. The first-order valence-electron chi connectivity index (χ1n) is 8.36. The number of H-pyrrole nitrogens is 1.